The van der Waals surface area contributed by atoms with Crippen LogP contribution in [-0.2, 0) is 16.0 Å². The molecular weight excluding hydrogens is 472 g/mol. The van der Waals surface area contributed by atoms with E-state index in [-0.39, 0.29) is 22.8 Å². The molecule has 0 radical (unpaired) electrons. The van der Waals surface area contributed by atoms with Gasteiger partial charge in [-0.3, -0.25) is 4.79 Å². The van der Waals surface area contributed by atoms with Crippen LogP contribution in [0.15, 0.2) is 57.7 Å². The van der Waals surface area contributed by atoms with Gasteiger partial charge in [-0.1, -0.05) is 54.9 Å². The molecule has 1 heterocycles. The second kappa shape index (κ2) is 11.3. The van der Waals surface area contributed by atoms with Gasteiger partial charge >= 0.3 is 17.7 Å². The Hall–Kier alpha value is -3.52. The van der Waals surface area contributed by atoms with E-state index in [1.165, 1.54) is 6.07 Å². The minimum absolute atomic E-state index is 0.0349. The van der Waals surface area contributed by atoms with Gasteiger partial charge in [0.1, 0.15) is 16.7 Å². The molecule has 1 aromatic heterocycles. The zero-order valence-electron chi connectivity index (χ0n) is 20.1. The van der Waals surface area contributed by atoms with Gasteiger partial charge in [-0.25, -0.2) is 9.59 Å². The summed E-state index contributed by atoms with van der Waals surface area (Å²) in [7, 11) is 0. The minimum Gasteiger partial charge on any atom is -0.464 e. The first-order valence-corrected chi connectivity index (χ1v) is 11.7. The van der Waals surface area contributed by atoms with Gasteiger partial charge in [0.05, 0.1) is 12.0 Å². The summed E-state index contributed by atoms with van der Waals surface area (Å²) in [5.41, 5.74) is -0.158. The van der Waals surface area contributed by atoms with E-state index < -0.39 is 29.3 Å². The Bertz CT molecular complexity index is 1250. The van der Waals surface area contributed by atoms with Gasteiger partial charge in [0.2, 0.25) is 5.91 Å². The molecule has 186 valence electrons. The molecule has 0 aliphatic rings. The predicted octanol–water partition coefficient (Wildman–Crippen LogP) is 5.31. The number of carbonyl (C=O) groups is 2. The number of hydrogen-bond acceptors (Lipinski definition) is 6. The fourth-order valence-corrected chi connectivity index (χ4v) is 3.56. The van der Waals surface area contributed by atoms with Crippen LogP contribution in [0.25, 0.3) is 10.8 Å². The molecule has 3 rings (SSSR count). The fraction of sp³-hybridized carbons (Fsp3) is 0.346. The number of halogens is 1. The standard InChI is InChI=1S/C26H29ClN2O6/c1-5-13-33-24-21(27)18-12-11-17(15-19(18)23(31)34-24)28-22(30)20(14-16-9-7-6-8-10-16)29-25(32)35-26(2,3)4/h6-12,15,20H,5,13-14H2,1-4H3,(H,28,30)(H,29,32). The van der Waals surface area contributed by atoms with Crippen molar-refractivity contribution in [1.82, 2.24) is 5.32 Å². The van der Waals surface area contributed by atoms with Crippen molar-refractivity contribution >= 4 is 40.1 Å². The van der Waals surface area contributed by atoms with Gasteiger partial charge in [0, 0.05) is 17.5 Å². The first kappa shape index (κ1) is 26.1. The lowest BCUT2D eigenvalue weighted by Gasteiger charge is -2.23. The summed E-state index contributed by atoms with van der Waals surface area (Å²) in [6.45, 7) is 7.50. The second-order valence-electron chi connectivity index (χ2n) is 8.98. The predicted molar refractivity (Wildman–Crippen MR) is 135 cm³/mol. The lowest BCUT2D eigenvalue weighted by molar-refractivity contribution is -0.118. The summed E-state index contributed by atoms with van der Waals surface area (Å²) in [4.78, 5) is 38.1. The zero-order chi connectivity index (χ0) is 25.6. The number of fused-ring (bicyclic) bond motifs is 1. The largest absolute Gasteiger partial charge is 0.464 e. The Morgan fingerprint density at radius 3 is 2.46 bits per heavy atom. The number of amides is 2. The van der Waals surface area contributed by atoms with E-state index in [1.54, 1.807) is 32.9 Å². The monoisotopic (exact) mass is 500 g/mol. The first-order chi connectivity index (χ1) is 16.6. The van der Waals surface area contributed by atoms with Gasteiger partial charge in [-0.15, -0.1) is 0 Å². The molecule has 3 aromatic rings. The van der Waals surface area contributed by atoms with Gasteiger partial charge in [-0.2, -0.15) is 0 Å². The van der Waals surface area contributed by atoms with Crippen LogP contribution in [0.2, 0.25) is 5.02 Å². The number of alkyl carbamates (subject to hydrolysis) is 1. The first-order valence-electron chi connectivity index (χ1n) is 11.3. The smallest absolute Gasteiger partial charge is 0.408 e. The molecule has 1 atom stereocenters. The molecule has 2 aromatic carbocycles. The van der Waals surface area contributed by atoms with Crippen LogP contribution in [-0.4, -0.2) is 30.3 Å². The van der Waals surface area contributed by atoms with E-state index in [0.717, 1.165) is 12.0 Å². The number of nitrogens with one attached hydrogen (secondary N) is 2. The Labute approximate surface area is 208 Å². The van der Waals surface area contributed by atoms with Crippen molar-refractivity contribution in [1.29, 1.82) is 0 Å². The van der Waals surface area contributed by atoms with E-state index in [0.29, 0.717) is 17.7 Å². The maximum atomic E-state index is 13.1. The number of hydrogen-bond donors (Lipinski definition) is 2. The molecule has 35 heavy (non-hydrogen) atoms. The van der Waals surface area contributed by atoms with Crippen LogP contribution < -0.4 is 21.0 Å². The molecule has 0 aliphatic carbocycles. The maximum Gasteiger partial charge on any atom is 0.408 e. The van der Waals surface area contributed by atoms with Gasteiger partial charge in [-0.05, 0) is 44.9 Å². The molecule has 1 unspecified atom stereocenters. The van der Waals surface area contributed by atoms with Crippen LogP contribution in [0.3, 0.4) is 0 Å². The summed E-state index contributed by atoms with van der Waals surface area (Å²) >= 11 is 6.35. The lowest BCUT2D eigenvalue weighted by atomic mass is 10.1. The molecule has 0 fully saturated rings. The SMILES string of the molecule is CCCOc1oc(=O)c2cc(NC(=O)C(Cc3ccccc3)NC(=O)OC(C)(C)C)ccc2c1Cl. The number of benzene rings is 2. The lowest BCUT2D eigenvalue weighted by Crippen LogP contribution is -2.47. The Balaban J connectivity index is 1.84. The molecule has 0 aliphatic heterocycles. The summed E-state index contributed by atoms with van der Waals surface area (Å²) in [6, 6.07) is 13.1. The molecule has 0 saturated carbocycles. The average molecular weight is 501 g/mol. The topological polar surface area (TPSA) is 107 Å². The van der Waals surface area contributed by atoms with Crippen LogP contribution in [0.5, 0.6) is 5.95 Å². The molecular formula is C26H29ClN2O6. The summed E-state index contributed by atoms with van der Waals surface area (Å²) < 4.78 is 15.9. The van der Waals surface area contributed by atoms with Crippen LogP contribution in [0.4, 0.5) is 10.5 Å². The van der Waals surface area contributed by atoms with Gasteiger partial charge in [0.25, 0.3) is 0 Å². The van der Waals surface area contributed by atoms with Crippen molar-refractivity contribution in [3.8, 4) is 5.95 Å². The highest BCUT2D eigenvalue weighted by Crippen LogP contribution is 2.32. The Kier molecular flexibility index (Phi) is 8.40. The van der Waals surface area contributed by atoms with E-state index in [2.05, 4.69) is 10.6 Å². The third-order valence-corrected chi connectivity index (χ3v) is 5.19. The van der Waals surface area contributed by atoms with Crippen molar-refractivity contribution in [2.75, 3.05) is 11.9 Å². The highest BCUT2D eigenvalue weighted by Gasteiger charge is 2.25. The van der Waals surface area contributed by atoms with Crippen molar-refractivity contribution in [2.45, 2.75) is 52.2 Å². The molecule has 0 bridgehead atoms. The second-order valence-corrected chi connectivity index (χ2v) is 9.36. The molecule has 2 amide bonds. The van der Waals surface area contributed by atoms with E-state index >= 15 is 0 Å². The van der Waals surface area contributed by atoms with Gasteiger partial charge < -0.3 is 24.5 Å². The summed E-state index contributed by atoms with van der Waals surface area (Å²) in [5.74, 6) is -0.510. The summed E-state index contributed by atoms with van der Waals surface area (Å²) in [6.07, 6.45) is 0.259. The molecule has 0 saturated heterocycles. The Morgan fingerprint density at radius 2 is 1.80 bits per heavy atom. The van der Waals surface area contributed by atoms with E-state index in [4.69, 9.17) is 25.5 Å². The van der Waals surface area contributed by atoms with Crippen LogP contribution in [0, 0.1) is 0 Å². The highest BCUT2D eigenvalue weighted by atomic mass is 35.5. The molecule has 0 spiro atoms. The maximum absolute atomic E-state index is 13.1. The van der Waals surface area contributed by atoms with Crippen molar-refractivity contribution in [3.63, 3.8) is 0 Å². The number of ether oxygens (including phenoxy) is 2. The van der Waals surface area contributed by atoms with E-state index in [1.807, 2.05) is 37.3 Å². The highest BCUT2D eigenvalue weighted by molar-refractivity contribution is 6.36. The van der Waals surface area contributed by atoms with Crippen molar-refractivity contribution < 1.29 is 23.5 Å². The van der Waals surface area contributed by atoms with Crippen molar-refractivity contribution in [3.05, 3.63) is 69.5 Å². The third kappa shape index (κ3) is 7.23. The quantitative estimate of drug-likeness (QED) is 0.434. The van der Waals surface area contributed by atoms with Crippen molar-refractivity contribution in [2.24, 2.45) is 0 Å². The van der Waals surface area contributed by atoms with Gasteiger partial charge in [0.15, 0.2) is 0 Å². The molecule has 2 N–H and O–H groups in total. The third-order valence-electron chi connectivity index (χ3n) is 4.84. The fourth-order valence-electron chi connectivity index (χ4n) is 3.30. The van der Waals surface area contributed by atoms with Crippen LogP contribution in [0.1, 0.15) is 39.7 Å². The normalized spacial score (nSPS) is 12.1. The Morgan fingerprint density at radius 1 is 1.09 bits per heavy atom. The average Bonchev–Trinajstić information content (AvgIpc) is 2.79. The number of rotatable bonds is 8. The summed E-state index contributed by atoms with van der Waals surface area (Å²) in [5, 5.41) is 6.21. The number of anilines is 1. The minimum atomic E-state index is -0.923. The molecule has 8 nitrogen and oxygen atoms in total. The number of carbonyl (C=O) groups excluding carboxylic acids is 2. The van der Waals surface area contributed by atoms with E-state index in [9.17, 15) is 14.4 Å². The van der Waals surface area contributed by atoms with Crippen LogP contribution >= 0.6 is 11.6 Å². The zero-order valence-corrected chi connectivity index (χ0v) is 20.9. The molecule has 9 heteroatoms.